The first-order valence-electron chi connectivity index (χ1n) is 3.96. The molecule has 76 valence electrons. The molecule has 1 heterocycles. The van der Waals surface area contributed by atoms with Crippen LogP contribution in [0.2, 0.25) is 0 Å². The third-order valence-corrected chi connectivity index (χ3v) is 2.11. The minimum absolute atomic E-state index is 0.146. The molecule has 4 N–H and O–H groups in total. The van der Waals surface area contributed by atoms with Gasteiger partial charge in [0.2, 0.25) is 5.91 Å². The lowest BCUT2D eigenvalue weighted by atomic mass is 10.2. The third kappa shape index (κ3) is 1.86. The van der Waals surface area contributed by atoms with E-state index in [1.807, 2.05) is 0 Å². The number of primary amides is 2. The molecule has 14 heavy (non-hydrogen) atoms. The predicted octanol–water partition coefficient (Wildman–Crippen LogP) is -0.696. The second kappa shape index (κ2) is 3.84. The number of likely N-dealkylation sites (tertiary alicyclic amines) is 1. The van der Waals surface area contributed by atoms with E-state index >= 15 is 0 Å². The highest BCUT2D eigenvalue weighted by Gasteiger charge is 2.37. The van der Waals surface area contributed by atoms with Gasteiger partial charge in [-0.25, -0.2) is 4.79 Å². The monoisotopic (exact) mass is 198 g/mol. The average Bonchev–Trinajstić information content (AvgIpc) is 2.49. The van der Waals surface area contributed by atoms with Crippen molar-refractivity contribution in [3.63, 3.8) is 0 Å². The van der Waals surface area contributed by atoms with Gasteiger partial charge in [-0.05, 0) is 12.0 Å². The fraction of sp³-hybridized carbons (Fsp3) is 0.667. The molecule has 0 aliphatic carbocycles. The van der Waals surface area contributed by atoms with Crippen molar-refractivity contribution in [2.24, 2.45) is 16.6 Å². The van der Waals surface area contributed by atoms with Crippen molar-refractivity contribution in [3.05, 3.63) is 10.4 Å². The van der Waals surface area contributed by atoms with Gasteiger partial charge in [0, 0.05) is 11.5 Å². The summed E-state index contributed by atoms with van der Waals surface area (Å²) in [5.41, 5.74) is 18.3. The SMILES string of the molecule is [N-]=[N+]=NC1CC(C(N)=O)N(C(N)=O)C1. The Balaban J connectivity index is 2.79. The number of carbonyl (C=O) groups is 2. The topological polar surface area (TPSA) is 138 Å². The standard InChI is InChI=1S/C6H10N6O2/c7-5(13)4-1-3(10-11-9)2-12(4)6(8)14/h3-4H,1-2H2,(H2,7,13)(H2,8,14). The van der Waals surface area contributed by atoms with Crippen molar-refractivity contribution in [2.45, 2.75) is 18.5 Å². The van der Waals surface area contributed by atoms with Crippen LogP contribution in [0.5, 0.6) is 0 Å². The van der Waals surface area contributed by atoms with Gasteiger partial charge in [-0.3, -0.25) is 4.79 Å². The maximum absolute atomic E-state index is 10.9. The van der Waals surface area contributed by atoms with E-state index in [2.05, 4.69) is 10.0 Å². The Hall–Kier alpha value is -1.95. The van der Waals surface area contributed by atoms with Crippen LogP contribution in [-0.4, -0.2) is 35.5 Å². The number of rotatable bonds is 2. The lowest BCUT2D eigenvalue weighted by molar-refractivity contribution is -0.121. The Morgan fingerprint density at radius 2 is 2.14 bits per heavy atom. The van der Waals surface area contributed by atoms with Crippen molar-refractivity contribution < 1.29 is 9.59 Å². The molecule has 0 aromatic heterocycles. The van der Waals surface area contributed by atoms with Gasteiger partial charge in [-0.1, -0.05) is 5.11 Å². The Morgan fingerprint density at radius 1 is 1.50 bits per heavy atom. The molecule has 1 fully saturated rings. The van der Waals surface area contributed by atoms with Gasteiger partial charge in [-0.15, -0.1) is 0 Å². The van der Waals surface area contributed by atoms with E-state index in [0.717, 1.165) is 4.90 Å². The lowest BCUT2D eigenvalue weighted by Gasteiger charge is -2.18. The molecule has 2 atom stereocenters. The van der Waals surface area contributed by atoms with Gasteiger partial charge >= 0.3 is 6.03 Å². The first-order chi connectivity index (χ1) is 6.56. The number of urea groups is 1. The maximum atomic E-state index is 10.9. The number of nitrogens with zero attached hydrogens (tertiary/aromatic N) is 4. The molecule has 0 saturated carbocycles. The van der Waals surface area contributed by atoms with E-state index in [4.69, 9.17) is 17.0 Å². The second-order valence-corrected chi connectivity index (χ2v) is 3.00. The fourth-order valence-electron chi connectivity index (χ4n) is 1.48. The highest BCUT2D eigenvalue weighted by molar-refractivity contribution is 5.86. The molecule has 1 saturated heterocycles. The average molecular weight is 198 g/mol. The van der Waals surface area contributed by atoms with Crippen LogP contribution in [0.4, 0.5) is 4.79 Å². The van der Waals surface area contributed by atoms with Gasteiger partial charge in [0.15, 0.2) is 0 Å². The van der Waals surface area contributed by atoms with E-state index in [-0.39, 0.29) is 13.0 Å². The van der Waals surface area contributed by atoms with Crippen LogP contribution < -0.4 is 11.5 Å². The summed E-state index contributed by atoms with van der Waals surface area (Å²) in [6.07, 6.45) is 0.238. The van der Waals surface area contributed by atoms with Crippen LogP contribution in [0.25, 0.3) is 10.4 Å². The van der Waals surface area contributed by atoms with E-state index in [0.29, 0.717) is 0 Å². The summed E-state index contributed by atoms with van der Waals surface area (Å²) in [4.78, 5) is 25.5. The van der Waals surface area contributed by atoms with Crippen LogP contribution >= 0.6 is 0 Å². The number of hydrogen-bond acceptors (Lipinski definition) is 3. The molecule has 3 amide bonds. The molecule has 0 spiro atoms. The lowest BCUT2D eigenvalue weighted by Crippen LogP contribution is -2.46. The first kappa shape index (κ1) is 10.1. The molecule has 1 rings (SSSR count). The third-order valence-electron chi connectivity index (χ3n) is 2.11. The first-order valence-corrected chi connectivity index (χ1v) is 3.96. The normalized spacial score (nSPS) is 25.6. The zero-order chi connectivity index (χ0) is 10.7. The van der Waals surface area contributed by atoms with E-state index in [9.17, 15) is 9.59 Å². The Bertz CT molecular complexity index is 287. The summed E-state index contributed by atoms with van der Waals surface area (Å²) in [5.74, 6) is -0.639. The largest absolute Gasteiger partial charge is 0.368 e. The number of nitrogens with two attached hydrogens (primary N) is 2. The van der Waals surface area contributed by atoms with Crippen LogP contribution in [0.15, 0.2) is 5.11 Å². The van der Waals surface area contributed by atoms with Crippen molar-refractivity contribution >= 4 is 11.9 Å². The Labute approximate surface area is 79.5 Å². The Morgan fingerprint density at radius 3 is 2.50 bits per heavy atom. The summed E-state index contributed by atoms with van der Waals surface area (Å²) in [5, 5.41) is 3.41. The molecule has 0 aromatic carbocycles. The molecule has 1 aliphatic rings. The van der Waals surface area contributed by atoms with E-state index in [1.54, 1.807) is 0 Å². The summed E-state index contributed by atoms with van der Waals surface area (Å²) in [6, 6.07) is -1.92. The smallest absolute Gasteiger partial charge is 0.315 e. The quantitative estimate of drug-likeness (QED) is 0.344. The molecule has 0 aromatic rings. The maximum Gasteiger partial charge on any atom is 0.315 e. The Kier molecular flexibility index (Phi) is 2.78. The molecule has 0 radical (unpaired) electrons. The van der Waals surface area contributed by atoms with Crippen LogP contribution in [0.1, 0.15) is 6.42 Å². The molecule has 0 bridgehead atoms. The molecule has 8 heteroatoms. The molecule has 2 unspecified atom stereocenters. The zero-order valence-corrected chi connectivity index (χ0v) is 7.33. The van der Waals surface area contributed by atoms with Gasteiger partial charge in [0.25, 0.3) is 0 Å². The van der Waals surface area contributed by atoms with Crippen LogP contribution in [0, 0.1) is 0 Å². The second-order valence-electron chi connectivity index (χ2n) is 3.00. The van der Waals surface area contributed by atoms with Gasteiger partial charge in [0.1, 0.15) is 6.04 Å². The van der Waals surface area contributed by atoms with Crippen LogP contribution in [-0.2, 0) is 4.79 Å². The summed E-state index contributed by atoms with van der Waals surface area (Å²) in [6.45, 7) is 0.146. The number of amides is 3. The highest BCUT2D eigenvalue weighted by atomic mass is 16.2. The molecule has 8 nitrogen and oxygen atoms in total. The summed E-state index contributed by atoms with van der Waals surface area (Å²) >= 11 is 0. The number of hydrogen-bond donors (Lipinski definition) is 2. The van der Waals surface area contributed by atoms with Crippen molar-refractivity contribution in [3.8, 4) is 0 Å². The number of azide groups is 1. The van der Waals surface area contributed by atoms with E-state index < -0.39 is 24.0 Å². The molecule has 1 aliphatic heterocycles. The highest BCUT2D eigenvalue weighted by Crippen LogP contribution is 2.19. The minimum atomic E-state index is -0.761. The molecular weight excluding hydrogens is 188 g/mol. The van der Waals surface area contributed by atoms with Gasteiger partial charge < -0.3 is 16.4 Å². The summed E-state index contributed by atoms with van der Waals surface area (Å²) in [7, 11) is 0. The van der Waals surface area contributed by atoms with Crippen molar-refractivity contribution in [1.82, 2.24) is 4.90 Å². The summed E-state index contributed by atoms with van der Waals surface area (Å²) < 4.78 is 0. The molecular formula is C6H10N6O2. The van der Waals surface area contributed by atoms with E-state index in [1.165, 1.54) is 0 Å². The van der Waals surface area contributed by atoms with Crippen molar-refractivity contribution in [1.29, 1.82) is 0 Å². The van der Waals surface area contributed by atoms with Gasteiger partial charge in [-0.2, -0.15) is 0 Å². The van der Waals surface area contributed by atoms with Crippen LogP contribution in [0.3, 0.4) is 0 Å². The van der Waals surface area contributed by atoms with Crippen molar-refractivity contribution in [2.75, 3.05) is 6.54 Å². The number of carbonyl (C=O) groups excluding carboxylic acids is 2. The predicted molar refractivity (Wildman–Crippen MR) is 46.8 cm³/mol. The zero-order valence-electron chi connectivity index (χ0n) is 7.33. The minimum Gasteiger partial charge on any atom is -0.368 e. The fourth-order valence-corrected chi connectivity index (χ4v) is 1.48. The van der Waals surface area contributed by atoms with Gasteiger partial charge in [0.05, 0.1) is 6.04 Å².